The van der Waals surface area contributed by atoms with Crippen molar-refractivity contribution in [3.05, 3.63) is 59.4 Å². The number of nitrogens with one attached hydrogen (secondary N) is 1. The van der Waals surface area contributed by atoms with Crippen LogP contribution in [0.4, 0.5) is 0 Å². The van der Waals surface area contributed by atoms with Gasteiger partial charge in [-0.25, -0.2) is 4.98 Å². The van der Waals surface area contributed by atoms with Gasteiger partial charge in [0.25, 0.3) is 0 Å². The highest BCUT2D eigenvalue weighted by molar-refractivity contribution is 6.30. The van der Waals surface area contributed by atoms with Crippen LogP contribution in [-0.2, 0) is 16.0 Å². The molecule has 0 aliphatic carbocycles. The van der Waals surface area contributed by atoms with E-state index in [-0.39, 0.29) is 25.3 Å². The highest BCUT2D eigenvalue weighted by atomic mass is 35.5. The SMILES string of the molecule is O=C(O)CCNC(=O)Cc1c(-c2ccc(Cl)cc2)nc2ccccn12. The summed E-state index contributed by atoms with van der Waals surface area (Å²) in [5.41, 5.74) is 3.05. The second kappa shape index (κ2) is 7.36. The van der Waals surface area contributed by atoms with Crippen molar-refractivity contribution in [2.75, 3.05) is 6.54 Å². The number of carboxylic acid groups (broad SMARTS) is 1. The first-order valence-electron chi connectivity index (χ1n) is 7.75. The Morgan fingerprint density at radius 3 is 2.64 bits per heavy atom. The van der Waals surface area contributed by atoms with Crippen LogP contribution in [0.25, 0.3) is 16.9 Å². The molecule has 2 N–H and O–H groups in total. The van der Waals surface area contributed by atoms with Crippen LogP contribution in [0.2, 0.25) is 5.02 Å². The molecule has 0 spiro atoms. The molecule has 7 heteroatoms. The largest absolute Gasteiger partial charge is 0.481 e. The van der Waals surface area contributed by atoms with E-state index >= 15 is 0 Å². The zero-order valence-electron chi connectivity index (χ0n) is 13.3. The number of rotatable bonds is 6. The summed E-state index contributed by atoms with van der Waals surface area (Å²) in [6.07, 6.45) is 1.84. The molecule has 0 fully saturated rings. The van der Waals surface area contributed by atoms with Gasteiger partial charge in [-0.3, -0.25) is 9.59 Å². The summed E-state index contributed by atoms with van der Waals surface area (Å²) in [4.78, 5) is 27.4. The highest BCUT2D eigenvalue weighted by Crippen LogP contribution is 2.26. The molecule has 0 bridgehead atoms. The van der Waals surface area contributed by atoms with E-state index in [1.54, 1.807) is 12.1 Å². The molecule has 0 radical (unpaired) electrons. The third kappa shape index (κ3) is 3.97. The van der Waals surface area contributed by atoms with Gasteiger partial charge < -0.3 is 14.8 Å². The highest BCUT2D eigenvalue weighted by Gasteiger charge is 2.17. The number of hydrogen-bond donors (Lipinski definition) is 2. The van der Waals surface area contributed by atoms with Crippen LogP contribution in [0.5, 0.6) is 0 Å². The predicted octanol–water partition coefficient (Wildman–Crippen LogP) is 2.79. The molecule has 128 valence electrons. The maximum Gasteiger partial charge on any atom is 0.305 e. The molecule has 3 aromatic rings. The zero-order chi connectivity index (χ0) is 17.8. The van der Waals surface area contributed by atoms with Crippen LogP contribution in [-0.4, -0.2) is 32.9 Å². The Labute approximate surface area is 149 Å². The third-order valence-corrected chi connectivity index (χ3v) is 3.99. The Kier molecular flexibility index (Phi) is 5.00. The predicted molar refractivity (Wildman–Crippen MR) is 94.6 cm³/mol. The molecule has 0 saturated heterocycles. The van der Waals surface area contributed by atoms with Crippen molar-refractivity contribution in [2.45, 2.75) is 12.8 Å². The van der Waals surface area contributed by atoms with E-state index in [1.807, 2.05) is 40.9 Å². The number of pyridine rings is 1. The smallest absolute Gasteiger partial charge is 0.305 e. The van der Waals surface area contributed by atoms with Gasteiger partial charge in [-0.1, -0.05) is 29.8 Å². The first-order chi connectivity index (χ1) is 12.0. The van der Waals surface area contributed by atoms with Gasteiger partial charge in [0.1, 0.15) is 5.65 Å². The van der Waals surface area contributed by atoms with Gasteiger partial charge in [0, 0.05) is 23.3 Å². The number of imidazole rings is 1. The number of fused-ring (bicyclic) bond motifs is 1. The molecule has 2 aromatic heterocycles. The number of amides is 1. The fourth-order valence-corrected chi connectivity index (χ4v) is 2.70. The molecule has 1 amide bonds. The van der Waals surface area contributed by atoms with Crippen LogP contribution in [0.15, 0.2) is 48.7 Å². The summed E-state index contributed by atoms with van der Waals surface area (Å²) < 4.78 is 1.86. The standard InChI is InChI=1S/C18H16ClN3O3/c19-13-6-4-12(5-7-13)18-14(11-16(23)20-9-8-17(24)25)22-10-2-1-3-15(22)21-18/h1-7,10H,8-9,11H2,(H,20,23)(H,24,25). The van der Waals surface area contributed by atoms with Crippen molar-refractivity contribution in [1.29, 1.82) is 0 Å². The average molecular weight is 358 g/mol. The zero-order valence-corrected chi connectivity index (χ0v) is 14.0. The molecule has 0 aliphatic rings. The lowest BCUT2D eigenvalue weighted by molar-refractivity contribution is -0.136. The molecule has 3 rings (SSSR count). The van der Waals surface area contributed by atoms with Crippen molar-refractivity contribution in [1.82, 2.24) is 14.7 Å². The van der Waals surface area contributed by atoms with E-state index in [1.165, 1.54) is 0 Å². The van der Waals surface area contributed by atoms with E-state index in [0.29, 0.717) is 10.7 Å². The summed E-state index contributed by atoms with van der Waals surface area (Å²) in [6, 6.07) is 12.9. The average Bonchev–Trinajstić information content (AvgIpc) is 2.94. The number of halogens is 1. The minimum atomic E-state index is -0.947. The number of carbonyl (C=O) groups is 2. The van der Waals surface area contributed by atoms with Gasteiger partial charge in [0.05, 0.1) is 24.2 Å². The Balaban J connectivity index is 1.92. The van der Waals surface area contributed by atoms with Gasteiger partial charge in [-0.2, -0.15) is 0 Å². The molecule has 0 aliphatic heterocycles. The molecular weight excluding hydrogens is 342 g/mol. The number of aliphatic carboxylic acids is 1. The first kappa shape index (κ1) is 17.0. The third-order valence-electron chi connectivity index (χ3n) is 3.74. The molecule has 6 nitrogen and oxygen atoms in total. The quantitative estimate of drug-likeness (QED) is 0.710. The second-order valence-electron chi connectivity index (χ2n) is 5.51. The first-order valence-corrected chi connectivity index (χ1v) is 8.13. The number of hydrogen-bond acceptors (Lipinski definition) is 3. The summed E-state index contributed by atoms with van der Waals surface area (Å²) >= 11 is 5.95. The molecule has 2 heterocycles. The summed E-state index contributed by atoms with van der Waals surface area (Å²) in [5, 5.41) is 11.9. The minimum absolute atomic E-state index is 0.0984. The lowest BCUT2D eigenvalue weighted by Crippen LogP contribution is -2.28. The Hall–Kier alpha value is -2.86. The number of carboxylic acids is 1. The van der Waals surface area contributed by atoms with Gasteiger partial charge in [0.15, 0.2) is 0 Å². The van der Waals surface area contributed by atoms with Crippen LogP contribution in [0.3, 0.4) is 0 Å². The van der Waals surface area contributed by atoms with Crippen LogP contribution in [0.1, 0.15) is 12.1 Å². The topological polar surface area (TPSA) is 83.7 Å². The molecule has 0 unspecified atom stereocenters. The molecule has 1 aromatic carbocycles. The summed E-state index contributed by atoms with van der Waals surface area (Å²) in [6.45, 7) is 0.0984. The maximum atomic E-state index is 12.2. The van der Waals surface area contributed by atoms with E-state index < -0.39 is 5.97 Å². The van der Waals surface area contributed by atoms with Crippen molar-refractivity contribution in [2.24, 2.45) is 0 Å². The van der Waals surface area contributed by atoms with Crippen LogP contribution in [0, 0.1) is 0 Å². The van der Waals surface area contributed by atoms with E-state index in [9.17, 15) is 9.59 Å². The Morgan fingerprint density at radius 1 is 1.16 bits per heavy atom. The van der Waals surface area contributed by atoms with E-state index in [2.05, 4.69) is 10.3 Å². The number of carbonyl (C=O) groups excluding carboxylic acids is 1. The van der Waals surface area contributed by atoms with Gasteiger partial charge in [-0.05, 0) is 24.3 Å². The Bertz CT molecular complexity index is 919. The normalized spacial score (nSPS) is 10.8. The number of benzene rings is 1. The fraction of sp³-hybridized carbons (Fsp3) is 0.167. The van der Waals surface area contributed by atoms with E-state index in [4.69, 9.17) is 16.7 Å². The van der Waals surface area contributed by atoms with Gasteiger partial charge >= 0.3 is 5.97 Å². The van der Waals surface area contributed by atoms with Crippen LogP contribution >= 0.6 is 11.6 Å². The second-order valence-corrected chi connectivity index (χ2v) is 5.95. The van der Waals surface area contributed by atoms with Crippen molar-refractivity contribution >= 4 is 29.1 Å². The summed E-state index contributed by atoms with van der Waals surface area (Å²) in [5.74, 6) is -1.20. The monoisotopic (exact) mass is 357 g/mol. The van der Waals surface area contributed by atoms with Gasteiger partial charge in [0.2, 0.25) is 5.91 Å². The van der Waals surface area contributed by atoms with Crippen LogP contribution < -0.4 is 5.32 Å². The maximum absolute atomic E-state index is 12.2. The molecule has 0 atom stereocenters. The fourth-order valence-electron chi connectivity index (χ4n) is 2.58. The molecular formula is C18H16ClN3O3. The lowest BCUT2D eigenvalue weighted by atomic mass is 10.1. The van der Waals surface area contributed by atoms with Gasteiger partial charge in [-0.15, -0.1) is 0 Å². The Morgan fingerprint density at radius 2 is 1.92 bits per heavy atom. The van der Waals surface area contributed by atoms with Crippen molar-refractivity contribution in [3.63, 3.8) is 0 Å². The van der Waals surface area contributed by atoms with Crippen molar-refractivity contribution < 1.29 is 14.7 Å². The number of nitrogens with zero attached hydrogens (tertiary/aromatic N) is 2. The number of aromatic nitrogens is 2. The summed E-state index contributed by atoms with van der Waals surface area (Å²) in [7, 11) is 0. The molecule has 0 saturated carbocycles. The lowest BCUT2D eigenvalue weighted by Gasteiger charge is -2.07. The minimum Gasteiger partial charge on any atom is -0.481 e. The molecule has 25 heavy (non-hydrogen) atoms. The van der Waals surface area contributed by atoms with E-state index in [0.717, 1.165) is 16.9 Å². The van der Waals surface area contributed by atoms with Crippen molar-refractivity contribution in [3.8, 4) is 11.3 Å².